The average molecular weight is 206 g/mol. The summed E-state index contributed by atoms with van der Waals surface area (Å²) in [6.45, 7) is 10.0. The summed E-state index contributed by atoms with van der Waals surface area (Å²) in [5, 5.41) is 5.55. The van der Waals surface area contributed by atoms with Crippen molar-refractivity contribution >= 4 is 10.9 Å². The lowest BCUT2D eigenvalue weighted by atomic mass is 10.2. The fourth-order valence-corrected chi connectivity index (χ4v) is 1.39. The van der Waals surface area contributed by atoms with Crippen molar-refractivity contribution in [1.29, 1.82) is 0 Å². The van der Waals surface area contributed by atoms with Gasteiger partial charge < -0.3 is 0 Å². The second kappa shape index (κ2) is 7.04. The summed E-state index contributed by atoms with van der Waals surface area (Å²) in [4.78, 5) is 0. The predicted octanol–water partition coefficient (Wildman–Crippen LogP) is 3.93. The lowest BCUT2D eigenvalue weighted by Crippen LogP contribution is -1.88. The van der Waals surface area contributed by atoms with E-state index in [2.05, 4.69) is 17.2 Å². The van der Waals surface area contributed by atoms with Crippen LogP contribution in [0.4, 0.5) is 0 Å². The van der Waals surface area contributed by atoms with Crippen molar-refractivity contribution in [2.45, 2.75) is 34.6 Å². The number of para-hydroxylation sites is 1. The van der Waals surface area contributed by atoms with Gasteiger partial charge in [-0.2, -0.15) is 5.10 Å². The summed E-state index contributed by atoms with van der Waals surface area (Å²) in [5.74, 6) is 0. The molecule has 0 unspecified atom stereocenters. The summed E-state index contributed by atoms with van der Waals surface area (Å²) in [6.07, 6.45) is 0. The molecule has 84 valence electrons. The molecule has 0 aliphatic carbocycles. The predicted molar refractivity (Wildman–Crippen MR) is 68.1 cm³/mol. The normalized spacial score (nSPS) is 8.67. The Labute approximate surface area is 92.9 Å². The van der Waals surface area contributed by atoms with Gasteiger partial charge in [-0.05, 0) is 13.0 Å². The Morgan fingerprint density at radius 1 is 1.00 bits per heavy atom. The van der Waals surface area contributed by atoms with Crippen LogP contribution in [0.3, 0.4) is 0 Å². The smallest absolute Gasteiger partial charge is 0.0681 e. The highest BCUT2D eigenvalue weighted by molar-refractivity contribution is 5.81. The molecule has 0 aliphatic rings. The van der Waals surface area contributed by atoms with Gasteiger partial charge in [0, 0.05) is 12.4 Å². The SMILES string of the molecule is CC.CC.Cc1nn(C)c2ccccc12. The van der Waals surface area contributed by atoms with E-state index in [1.165, 1.54) is 10.9 Å². The Hall–Kier alpha value is -1.31. The molecule has 2 heteroatoms. The topological polar surface area (TPSA) is 17.8 Å². The highest BCUT2D eigenvalue weighted by Gasteiger charge is 2.00. The third-order valence-electron chi connectivity index (χ3n) is 1.94. The van der Waals surface area contributed by atoms with E-state index in [9.17, 15) is 0 Å². The summed E-state index contributed by atoms with van der Waals surface area (Å²) >= 11 is 0. The Bertz CT molecular complexity index is 352. The Morgan fingerprint density at radius 3 is 2.07 bits per heavy atom. The maximum atomic E-state index is 4.31. The van der Waals surface area contributed by atoms with Crippen molar-refractivity contribution in [3.05, 3.63) is 30.0 Å². The molecule has 2 rings (SSSR count). The van der Waals surface area contributed by atoms with Gasteiger partial charge in [-0.3, -0.25) is 4.68 Å². The number of aromatic nitrogens is 2. The number of hydrogen-bond acceptors (Lipinski definition) is 1. The van der Waals surface area contributed by atoms with Gasteiger partial charge in [0.25, 0.3) is 0 Å². The van der Waals surface area contributed by atoms with E-state index in [0.717, 1.165) is 5.69 Å². The number of benzene rings is 1. The summed E-state index contributed by atoms with van der Waals surface area (Å²) in [7, 11) is 1.97. The van der Waals surface area contributed by atoms with E-state index in [-0.39, 0.29) is 0 Å². The lowest BCUT2D eigenvalue weighted by Gasteiger charge is -1.90. The molecule has 0 saturated carbocycles. The minimum atomic E-state index is 1.10. The molecule has 1 heterocycles. The van der Waals surface area contributed by atoms with Crippen LogP contribution in [0.1, 0.15) is 33.4 Å². The van der Waals surface area contributed by atoms with Crippen molar-refractivity contribution in [1.82, 2.24) is 9.78 Å². The van der Waals surface area contributed by atoms with Crippen LogP contribution >= 0.6 is 0 Å². The monoisotopic (exact) mass is 206 g/mol. The van der Waals surface area contributed by atoms with E-state index in [0.29, 0.717) is 0 Å². The zero-order chi connectivity index (χ0) is 11.8. The second-order valence-corrected chi connectivity index (χ2v) is 2.73. The van der Waals surface area contributed by atoms with Crippen LogP contribution in [0.2, 0.25) is 0 Å². The first-order chi connectivity index (χ1) is 7.29. The van der Waals surface area contributed by atoms with E-state index >= 15 is 0 Å². The van der Waals surface area contributed by atoms with Crippen LogP contribution < -0.4 is 0 Å². The van der Waals surface area contributed by atoms with E-state index in [1.54, 1.807) is 0 Å². The van der Waals surface area contributed by atoms with E-state index in [4.69, 9.17) is 0 Å². The summed E-state index contributed by atoms with van der Waals surface area (Å²) < 4.78 is 1.91. The standard InChI is InChI=1S/C9H10N2.2C2H6/c1-7-8-5-3-4-6-9(8)11(2)10-7;2*1-2/h3-6H,1-2H3;2*1-2H3. The molecule has 1 aromatic heterocycles. The molecule has 15 heavy (non-hydrogen) atoms. The van der Waals surface area contributed by atoms with Crippen LogP contribution in [-0.4, -0.2) is 9.78 Å². The molecule has 0 saturated heterocycles. The van der Waals surface area contributed by atoms with Gasteiger partial charge in [-0.15, -0.1) is 0 Å². The lowest BCUT2D eigenvalue weighted by molar-refractivity contribution is 0.783. The highest BCUT2D eigenvalue weighted by atomic mass is 15.3. The first-order valence-corrected chi connectivity index (χ1v) is 5.67. The largest absolute Gasteiger partial charge is 0.268 e. The molecule has 0 N–H and O–H groups in total. The number of rotatable bonds is 0. The van der Waals surface area contributed by atoms with Gasteiger partial charge >= 0.3 is 0 Å². The molecule has 0 fully saturated rings. The van der Waals surface area contributed by atoms with Gasteiger partial charge in [-0.25, -0.2) is 0 Å². The molecule has 0 bridgehead atoms. The summed E-state index contributed by atoms with van der Waals surface area (Å²) in [6, 6.07) is 8.24. The van der Waals surface area contributed by atoms with Crippen molar-refractivity contribution in [2.75, 3.05) is 0 Å². The summed E-state index contributed by atoms with van der Waals surface area (Å²) in [5.41, 5.74) is 2.30. The van der Waals surface area contributed by atoms with Gasteiger partial charge in [0.05, 0.1) is 11.2 Å². The molecule has 2 nitrogen and oxygen atoms in total. The maximum Gasteiger partial charge on any atom is 0.0681 e. The average Bonchev–Trinajstić information content (AvgIpc) is 2.61. The Morgan fingerprint density at radius 2 is 1.53 bits per heavy atom. The van der Waals surface area contributed by atoms with Crippen molar-refractivity contribution < 1.29 is 0 Å². The zero-order valence-electron chi connectivity index (χ0n) is 10.7. The molecule has 0 radical (unpaired) electrons. The molecule has 0 amide bonds. The second-order valence-electron chi connectivity index (χ2n) is 2.73. The minimum absolute atomic E-state index is 1.10. The first kappa shape index (κ1) is 13.7. The van der Waals surface area contributed by atoms with Crippen molar-refractivity contribution in [2.24, 2.45) is 7.05 Å². The van der Waals surface area contributed by atoms with Crippen molar-refractivity contribution in [3.8, 4) is 0 Å². The van der Waals surface area contributed by atoms with Crippen molar-refractivity contribution in [3.63, 3.8) is 0 Å². The number of aryl methyl sites for hydroxylation is 2. The van der Waals surface area contributed by atoms with E-state index in [1.807, 2.05) is 58.5 Å². The third kappa shape index (κ3) is 3.08. The quantitative estimate of drug-likeness (QED) is 0.638. The van der Waals surface area contributed by atoms with Gasteiger partial charge in [0.2, 0.25) is 0 Å². The highest BCUT2D eigenvalue weighted by Crippen LogP contribution is 2.15. The molecule has 2 aromatic rings. The van der Waals surface area contributed by atoms with Gasteiger partial charge in [-0.1, -0.05) is 45.9 Å². The first-order valence-electron chi connectivity index (χ1n) is 5.67. The zero-order valence-corrected chi connectivity index (χ0v) is 10.7. The molecule has 0 spiro atoms. The fraction of sp³-hybridized carbons (Fsp3) is 0.462. The van der Waals surface area contributed by atoms with Crippen LogP contribution in [0.5, 0.6) is 0 Å². The van der Waals surface area contributed by atoms with Gasteiger partial charge in [0.1, 0.15) is 0 Å². The van der Waals surface area contributed by atoms with E-state index < -0.39 is 0 Å². The molecule has 0 atom stereocenters. The Kier molecular flexibility index (Phi) is 6.43. The number of nitrogens with zero attached hydrogens (tertiary/aromatic N) is 2. The minimum Gasteiger partial charge on any atom is -0.268 e. The van der Waals surface area contributed by atoms with Gasteiger partial charge in [0.15, 0.2) is 0 Å². The molecular formula is C13H22N2. The third-order valence-corrected chi connectivity index (χ3v) is 1.94. The maximum absolute atomic E-state index is 4.31. The Balaban J connectivity index is 0.000000442. The van der Waals surface area contributed by atoms with Crippen LogP contribution in [-0.2, 0) is 7.05 Å². The van der Waals surface area contributed by atoms with Crippen LogP contribution in [0.15, 0.2) is 24.3 Å². The molecule has 1 aromatic carbocycles. The molecule has 0 aliphatic heterocycles. The van der Waals surface area contributed by atoms with Crippen LogP contribution in [0, 0.1) is 6.92 Å². The number of fused-ring (bicyclic) bond motifs is 1. The fourth-order valence-electron chi connectivity index (χ4n) is 1.39. The van der Waals surface area contributed by atoms with Crippen LogP contribution in [0.25, 0.3) is 10.9 Å². The number of hydrogen-bond donors (Lipinski definition) is 0. The molecular weight excluding hydrogens is 184 g/mol.